The lowest BCUT2D eigenvalue weighted by atomic mass is 9.80. The van der Waals surface area contributed by atoms with E-state index < -0.39 is 34.7 Å². The quantitative estimate of drug-likeness (QED) is 0.270. The van der Waals surface area contributed by atoms with Crippen molar-refractivity contribution in [2.75, 3.05) is 20.3 Å². The second-order valence-electron chi connectivity index (χ2n) is 9.20. The van der Waals surface area contributed by atoms with E-state index in [9.17, 15) is 19.7 Å². The van der Waals surface area contributed by atoms with Crippen LogP contribution in [0.3, 0.4) is 0 Å². The van der Waals surface area contributed by atoms with E-state index in [1.807, 2.05) is 0 Å². The minimum atomic E-state index is -1.18. The molecule has 206 valence electrons. The number of dihydropyridines is 1. The molecule has 39 heavy (non-hydrogen) atoms. The molecule has 1 fully saturated rings. The van der Waals surface area contributed by atoms with Crippen molar-refractivity contribution < 1.29 is 33.5 Å². The van der Waals surface area contributed by atoms with Crippen LogP contribution in [0.1, 0.15) is 37.8 Å². The van der Waals surface area contributed by atoms with Crippen LogP contribution >= 0.6 is 23.2 Å². The molecular weight excluding hydrogens is 551 g/mol. The molecule has 0 spiro atoms. The molecule has 4 rings (SSSR count). The number of allylic oxidation sites excluding steroid dienone is 2. The van der Waals surface area contributed by atoms with Gasteiger partial charge in [-0.05, 0) is 38.5 Å². The van der Waals surface area contributed by atoms with Gasteiger partial charge in [0.2, 0.25) is 0 Å². The summed E-state index contributed by atoms with van der Waals surface area (Å²) in [5, 5.41) is 15.3. The number of nitro groups is 1. The molecule has 3 unspecified atom stereocenters. The van der Waals surface area contributed by atoms with Gasteiger partial charge in [0.15, 0.2) is 5.79 Å². The number of carbonyl (C=O) groups excluding carboxylic acids is 2. The lowest BCUT2D eigenvalue weighted by molar-refractivity contribution is -0.384. The van der Waals surface area contributed by atoms with Crippen molar-refractivity contribution in [1.82, 2.24) is 5.32 Å². The Morgan fingerprint density at radius 1 is 1.13 bits per heavy atom. The van der Waals surface area contributed by atoms with Crippen LogP contribution in [0.15, 0.2) is 65.0 Å². The van der Waals surface area contributed by atoms with E-state index in [0.29, 0.717) is 32.6 Å². The number of non-ortho nitro benzene ring substituents is 1. The number of ether oxygens (including phenoxy) is 4. The molecule has 12 heteroatoms. The Bertz CT molecular complexity index is 1410. The summed E-state index contributed by atoms with van der Waals surface area (Å²) in [5.74, 6) is -3.56. The van der Waals surface area contributed by atoms with Crippen LogP contribution in [0.4, 0.5) is 5.69 Å². The summed E-state index contributed by atoms with van der Waals surface area (Å²) in [6.07, 6.45) is -0.614. The molecule has 1 saturated heterocycles. The summed E-state index contributed by atoms with van der Waals surface area (Å²) < 4.78 is 22.5. The fourth-order valence-corrected chi connectivity index (χ4v) is 5.34. The van der Waals surface area contributed by atoms with E-state index in [1.165, 1.54) is 25.3 Å². The molecule has 0 aromatic heterocycles. The van der Waals surface area contributed by atoms with Crippen molar-refractivity contribution in [3.63, 3.8) is 0 Å². The van der Waals surface area contributed by atoms with E-state index in [-0.39, 0.29) is 30.0 Å². The van der Waals surface area contributed by atoms with Crippen molar-refractivity contribution in [3.05, 3.63) is 96.3 Å². The monoisotopic (exact) mass is 576 g/mol. The van der Waals surface area contributed by atoms with Crippen LogP contribution in [0.2, 0.25) is 10.0 Å². The van der Waals surface area contributed by atoms with E-state index in [0.717, 1.165) is 0 Å². The number of esters is 2. The summed E-state index contributed by atoms with van der Waals surface area (Å²) in [4.78, 5) is 37.2. The van der Waals surface area contributed by atoms with E-state index in [1.54, 1.807) is 45.0 Å². The SMILES string of the molecule is COC(=O)C1=C(C)NC(C)=C(C(=O)OCC2COC(C)(c3ccc(Cl)cc3Cl)O2)C1c1cccc([N+](=O)[O-])c1. The van der Waals surface area contributed by atoms with Gasteiger partial charge in [-0.25, -0.2) is 9.59 Å². The van der Waals surface area contributed by atoms with E-state index >= 15 is 0 Å². The first kappa shape index (κ1) is 28.6. The molecule has 2 aromatic carbocycles. The molecule has 0 radical (unpaired) electrons. The Balaban J connectivity index is 1.58. The Morgan fingerprint density at radius 3 is 2.46 bits per heavy atom. The first-order valence-corrected chi connectivity index (χ1v) is 12.7. The Hall–Kier alpha value is -3.44. The van der Waals surface area contributed by atoms with Crippen LogP contribution < -0.4 is 5.32 Å². The highest BCUT2D eigenvalue weighted by Crippen LogP contribution is 2.41. The third kappa shape index (κ3) is 5.79. The fourth-order valence-electron chi connectivity index (χ4n) is 4.76. The number of nitro benzene ring substituents is 1. The lowest BCUT2D eigenvalue weighted by Crippen LogP contribution is -2.33. The molecule has 0 amide bonds. The topological polar surface area (TPSA) is 126 Å². The highest BCUT2D eigenvalue weighted by Gasteiger charge is 2.42. The predicted molar refractivity (Wildman–Crippen MR) is 142 cm³/mol. The van der Waals surface area contributed by atoms with Crippen molar-refractivity contribution in [2.24, 2.45) is 0 Å². The summed E-state index contributed by atoms with van der Waals surface area (Å²) in [6, 6.07) is 10.7. The van der Waals surface area contributed by atoms with E-state index in [2.05, 4.69) is 5.32 Å². The van der Waals surface area contributed by atoms with Crippen LogP contribution in [-0.4, -0.2) is 43.3 Å². The number of carbonyl (C=O) groups is 2. The maximum absolute atomic E-state index is 13.5. The second kappa shape index (κ2) is 11.4. The van der Waals surface area contributed by atoms with Crippen molar-refractivity contribution in [2.45, 2.75) is 38.6 Å². The zero-order valence-electron chi connectivity index (χ0n) is 21.6. The molecule has 0 saturated carbocycles. The molecule has 0 aliphatic carbocycles. The highest BCUT2D eigenvalue weighted by atomic mass is 35.5. The van der Waals surface area contributed by atoms with Crippen LogP contribution in [0.25, 0.3) is 0 Å². The van der Waals surface area contributed by atoms with Crippen molar-refractivity contribution >= 4 is 40.8 Å². The standard InChI is InChI=1S/C27H26Cl2N2O8/c1-14-22(25(32)36-4)24(16-6-5-7-18(10-16)31(34)35)23(15(2)30-14)26(33)37-12-19-13-38-27(3,39-19)20-9-8-17(28)11-21(20)29/h5-11,19,24,30H,12-13H2,1-4H3. The Morgan fingerprint density at radius 2 is 1.82 bits per heavy atom. The van der Waals surface area contributed by atoms with Crippen molar-refractivity contribution in [1.29, 1.82) is 0 Å². The van der Waals surface area contributed by atoms with Gasteiger partial charge in [-0.3, -0.25) is 10.1 Å². The molecule has 2 aromatic rings. The van der Waals surface area contributed by atoms with Crippen LogP contribution in [0, 0.1) is 10.1 Å². The molecule has 2 heterocycles. The lowest BCUT2D eigenvalue weighted by Gasteiger charge is -2.30. The first-order valence-electron chi connectivity index (χ1n) is 11.9. The maximum atomic E-state index is 13.5. The van der Waals surface area contributed by atoms with Crippen molar-refractivity contribution in [3.8, 4) is 0 Å². The zero-order chi connectivity index (χ0) is 28.5. The smallest absolute Gasteiger partial charge is 0.336 e. The minimum Gasteiger partial charge on any atom is -0.466 e. The molecule has 1 N–H and O–H groups in total. The van der Waals surface area contributed by atoms with Gasteiger partial charge < -0.3 is 24.3 Å². The fraction of sp³-hybridized carbons (Fsp3) is 0.333. The van der Waals surface area contributed by atoms with Gasteiger partial charge in [-0.1, -0.05) is 41.4 Å². The molecule has 2 aliphatic heterocycles. The Kier molecular flexibility index (Phi) is 8.31. The van der Waals surface area contributed by atoms with E-state index in [4.69, 9.17) is 42.1 Å². The van der Waals surface area contributed by atoms with Gasteiger partial charge in [0.25, 0.3) is 5.69 Å². The summed E-state index contributed by atoms with van der Waals surface area (Å²) in [6.45, 7) is 4.99. The Labute approximate surface area is 234 Å². The van der Waals surface area contributed by atoms with Crippen LogP contribution in [-0.2, 0) is 34.3 Å². The number of hydrogen-bond acceptors (Lipinski definition) is 9. The number of benzene rings is 2. The zero-order valence-corrected chi connectivity index (χ0v) is 23.1. The third-order valence-corrected chi connectivity index (χ3v) is 7.10. The third-order valence-electron chi connectivity index (χ3n) is 6.56. The van der Waals surface area contributed by atoms with Gasteiger partial charge in [-0.15, -0.1) is 0 Å². The maximum Gasteiger partial charge on any atom is 0.336 e. The molecule has 0 bridgehead atoms. The molecule has 10 nitrogen and oxygen atoms in total. The van der Waals surface area contributed by atoms with Gasteiger partial charge >= 0.3 is 11.9 Å². The number of hydrogen-bond donors (Lipinski definition) is 1. The normalized spacial score (nSPS) is 22.9. The first-order chi connectivity index (χ1) is 18.4. The predicted octanol–water partition coefficient (Wildman–Crippen LogP) is 5.14. The van der Waals surface area contributed by atoms with Gasteiger partial charge in [0.1, 0.15) is 12.7 Å². The number of halogens is 2. The van der Waals surface area contributed by atoms with Gasteiger partial charge in [0.05, 0.1) is 40.7 Å². The molecule has 3 atom stereocenters. The highest BCUT2D eigenvalue weighted by molar-refractivity contribution is 6.35. The molecule has 2 aliphatic rings. The van der Waals surface area contributed by atoms with Gasteiger partial charge in [-0.2, -0.15) is 0 Å². The summed E-state index contributed by atoms with van der Waals surface area (Å²) in [5.41, 5.74) is 1.90. The summed E-state index contributed by atoms with van der Waals surface area (Å²) >= 11 is 12.3. The van der Waals surface area contributed by atoms with Gasteiger partial charge in [0, 0.05) is 34.1 Å². The second-order valence-corrected chi connectivity index (χ2v) is 10.0. The minimum absolute atomic E-state index is 0.115. The number of methoxy groups -OCH3 is 1. The largest absolute Gasteiger partial charge is 0.466 e. The molecular formula is C27H26Cl2N2O8. The number of rotatable bonds is 7. The number of nitrogens with zero attached hydrogens (tertiary/aromatic N) is 1. The average molecular weight is 577 g/mol. The number of nitrogens with one attached hydrogen (secondary N) is 1. The van der Waals surface area contributed by atoms with Crippen LogP contribution in [0.5, 0.6) is 0 Å². The summed E-state index contributed by atoms with van der Waals surface area (Å²) in [7, 11) is 1.22. The average Bonchev–Trinajstić information content (AvgIpc) is 3.27.